The lowest BCUT2D eigenvalue weighted by Gasteiger charge is -2.26. The lowest BCUT2D eigenvalue weighted by molar-refractivity contribution is -0.121. The molecule has 3 heteroatoms. The standard InChI is InChI=1S/C11H12Br2O/c12-6-2-4-3-1-5-7(4)11(14)10(13)9(5)8(3)6/h3-10H,1-2H2/t3-,4-,5-,6-,7-,8+,9+,10+/m0/s1. The normalized spacial score (nSPS) is 68.3. The monoisotopic (exact) mass is 318 g/mol. The molecule has 0 aromatic heterocycles. The van der Waals surface area contributed by atoms with E-state index in [0.29, 0.717) is 22.4 Å². The van der Waals surface area contributed by atoms with E-state index < -0.39 is 0 Å². The number of hydrogen-bond donors (Lipinski definition) is 0. The maximum absolute atomic E-state index is 12.1. The summed E-state index contributed by atoms with van der Waals surface area (Å²) < 4.78 is 0. The highest BCUT2D eigenvalue weighted by atomic mass is 79.9. The average Bonchev–Trinajstić information content (AvgIpc) is 2.76. The van der Waals surface area contributed by atoms with Crippen LogP contribution < -0.4 is 0 Å². The summed E-state index contributed by atoms with van der Waals surface area (Å²) in [7, 11) is 0. The summed E-state index contributed by atoms with van der Waals surface area (Å²) in [5, 5.41) is 0. The minimum atomic E-state index is 0.192. The van der Waals surface area contributed by atoms with Gasteiger partial charge >= 0.3 is 0 Å². The Bertz CT molecular complexity index is 327. The molecule has 4 fully saturated rings. The third-order valence-electron chi connectivity index (χ3n) is 5.30. The highest BCUT2D eigenvalue weighted by Gasteiger charge is 2.71. The summed E-state index contributed by atoms with van der Waals surface area (Å²) in [4.78, 5) is 13.0. The number of fused-ring (bicyclic) bond motifs is 2. The van der Waals surface area contributed by atoms with Gasteiger partial charge in [-0.3, -0.25) is 4.79 Å². The van der Waals surface area contributed by atoms with E-state index in [2.05, 4.69) is 31.9 Å². The van der Waals surface area contributed by atoms with Gasteiger partial charge in [-0.25, -0.2) is 0 Å². The minimum Gasteiger partial charge on any atom is -0.298 e. The lowest BCUT2D eigenvalue weighted by atomic mass is 9.80. The molecule has 4 aliphatic carbocycles. The maximum atomic E-state index is 12.1. The van der Waals surface area contributed by atoms with E-state index in [4.69, 9.17) is 0 Å². The number of rotatable bonds is 0. The van der Waals surface area contributed by atoms with Crippen LogP contribution in [0.15, 0.2) is 0 Å². The van der Waals surface area contributed by atoms with Gasteiger partial charge in [0.1, 0.15) is 5.78 Å². The Morgan fingerprint density at radius 2 is 1.79 bits per heavy atom. The largest absolute Gasteiger partial charge is 0.298 e. The van der Waals surface area contributed by atoms with Crippen molar-refractivity contribution in [2.45, 2.75) is 22.5 Å². The molecule has 0 aromatic carbocycles. The summed E-state index contributed by atoms with van der Waals surface area (Å²) in [6.45, 7) is 0. The van der Waals surface area contributed by atoms with Gasteiger partial charge in [-0.1, -0.05) is 31.9 Å². The highest BCUT2D eigenvalue weighted by Crippen LogP contribution is 2.71. The zero-order valence-electron chi connectivity index (χ0n) is 7.70. The van der Waals surface area contributed by atoms with Crippen molar-refractivity contribution in [2.24, 2.45) is 35.5 Å². The van der Waals surface area contributed by atoms with Crippen molar-refractivity contribution >= 4 is 37.6 Å². The molecule has 0 N–H and O–H groups in total. The zero-order valence-corrected chi connectivity index (χ0v) is 10.9. The molecule has 0 aliphatic heterocycles. The van der Waals surface area contributed by atoms with Crippen LogP contribution in [-0.4, -0.2) is 15.4 Å². The van der Waals surface area contributed by atoms with Gasteiger partial charge in [0.05, 0.1) is 4.83 Å². The second kappa shape index (κ2) is 2.48. The van der Waals surface area contributed by atoms with E-state index in [1.165, 1.54) is 12.8 Å². The predicted octanol–water partition coefficient (Wildman–Crippen LogP) is 2.61. The molecule has 0 radical (unpaired) electrons. The third kappa shape index (κ3) is 0.722. The Balaban J connectivity index is 1.89. The molecule has 0 unspecified atom stereocenters. The highest BCUT2D eigenvalue weighted by molar-refractivity contribution is 9.10. The van der Waals surface area contributed by atoms with Crippen molar-refractivity contribution in [2.75, 3.05) is 0 Å². The predicted molar refractivity (Wildman–Crippen MR) is 60.6 cm³/mol. The minimum absolute atomic E-state index is 0.192. The number of carbonyl (C=O) groups is 1. The number of ketones is 1. The second-order valence-corrected chi connectivity index (χ2v) is 7.63. The Kier molecular flexibility index (Phi) is 1.55. The van der Waals surface area contributed by atoms with Crippen LogP contribution in [0.5, 0.6) is 0 Å². The fraction of sp³-hybridized carbons (Fsp3) is 0.909. The second-order valence-electron chi connectivity index (χ2n) is 5.46. The molecule has 4 rings (SSSR count). The van der Waals surface area contributed by atoms with Crippen molar-refractivity contribution in [1.82, 2.24) is 0 Å². The third-order valence-corrected chi connectivity index (χ3v) is 7.35. The van der Waals surface area contributed by atoms with Crippen LogP contribution in [0.4, 0.5) is 0 Å². The number of carbonyl (C=O) groups excluding carboxylic acids is 1. The Labute approximate surface area is 100 Å². The van der Waals surface area contributed by atoms with E-state index in [9.17, 15) is 4.79 Å². The molecule has 14 heavy (non-hydrogen) atoms. The first-order valence-corrected chi connectivity index (χ1v) is 7.35. The van der Waals surface area contributed by atoms with Crippen LogP contribution in [0, 0.1) is 35.5 Å². The Morgan fingerprint density at radius 1 is 1.00 bits per heavy atom. The Hall–Kier alpha value is 0.630. The molecular weight excluding hydrogens is 308 g/mol. The van der Waals surface area contributed by atoms with Crippen molar-refractivity contribution in [1.29, 1.82) is 0 Å². The molecule has 0 aromatic rings. The molecule has 76 valence electrons. The van der Waals surface area contributed by atoms with Crippen LogP contribution in [0.2, 0.25) is 0 Å². The number of Topliss-reactive ketones (excluding diaryl/α,β-unsaturated/α-hetero) is 1. The van der Waals surface area contributed by atoms with E-state index in [-0.39, 0.29) is 4.83 Å². The Morgan fingerprint density at radius 3 is 2.57 bits per heavy atom. The van der Waals surface area contributed by atoms with E-state index in [0.717, 1.165) is 23.7 Å². The van der Waals surface area contributed by atoms with Crippen LogP contribution in [0.25, 0.3) is 0 Å². The SMILES string of the molecule is O=C1[C@H]2[C@H]3C[C@H](Br)[C@H]4[C@H]3C[C@@H]2[C@H]4[C@H]1Br. The number of alkyl halides is 2. The van der Waals surface area contributed by atoms with Gasteiger partial charge in [0.25, 0.3) is 0 Å². The molecule has 4 aliphatic rings. The summed E-state index contributed by atoms with van der Waals surface area (Å²) in [5.41, 5.74) is 0. The smallest absolute Gasteiger partial charge is 0.150 e. The fourth-order valence-electron chi connectivity index (χ4n) is 5.09. The average molecular weight is 320 g/mol. The van der Waals surface area contributed by atoms with Gasteiger partial charge in [-0.15, -0.1) is 0 Å². The van der Waals surface area contributed by atoms with Crippen molar-refractivity contribution < 1.29 is 4.79 Å². The van der Waals surface area contributed by atoms with Gasteiger partial charge < -0.3 is 0 Å². The van der Waals surface area contributed by atoms with Crippen molar-refractivity contribution in [3.63, 3.8) is 0 Å². The summed E-state index contributed by atoms with van der Waals surface area (Å²) in [6.07, 6.45) is 2.61. The zero-order chi connectivity index (χ0) is 9.61. The van der Waals surface area contributed by atoms with Crippen molar-refractivity contribution in [3.05, 3.63) is 0 Å². The van der Waals surface area contributed by atoms with Gasteiger partial charge in [0.15, 0.2) is 0 Å². The van der Waals surface area contributed by atoms with Gasteiger partial charge in [0, 0.05) is 10.7 Å². The molecule has 0 saturated heterocycles. The molecule has 0 amide bonds. The van der Waals surface area contributed by atoms with Crippen LogP contribution in [-0.2, 0) is 4.79 Å². The van der Waals surface area contributed by atoms with Crippen LogP contribution in [0.1, 0.15) is 12.8 Å². The molecular formula is C11H12Br2O. The maximum Gasteiger partial charge on any atom is 0.150 e. The summed E-state index contributed by atoms with van der Waals surface area (Å²) >= 11 is 7.47. The fourth-order valence-corrected chi connectivity index (χ4v) is 7.31. The summed E-state index contributed by atoms with van der Waals surface area (Å²) in [5.74, 6) is 4.81. The summed E-state index contributed by atoms with van der Waals surface area (Å²) in [6, 6.07) is 0. The van der Waals surface area contributed by atoms with E-state index >= 15 is 0 Å². The molecule has 1 nitrogen and oxygen atoms in total. The first kappa shape index (κ1) is 8.74. The van der Waals surface area contributed by atoms with Crippen LogP contribution >= 0.6 is 31.9 Å². The molecule has 0 heterocycles. The topological polar surface area (TPSA) is 17.1 Å². The van der Waals surface area contributed by atoms with Gasteiger partial charge in [-0.05, 0) is 42.4 Å². The van der Waals surface area contributed by atoms with Gasteiger partial charge in [-0.2, -0.15) is 0 Å². The van der Waals surface area contributed by atoms with E-state index in [1.54, 1.807) is 0 Å². The lowest BCUT2D eigenvalue weighted by Crippen LogP contribution is -2.26. The van der Waals surface area contributed by atoms with Gasteiger partial charge in [0.2, 0.25) is 0 Å². The number of hydrogen-bond acceptors (Lipinski definition) is 1. The molecule has 4 saturated carbocycles. The molecule has 2 bridgehead atoms. The van der Waals surface area contributed by atoms with Crippen molar-refractivity contribution in [3.8, 4) is 0 Å². The molecule has 8 atom stereocenters. The first-order chi connectivity index (χ1) is 6.70. The first-order valence-electron chi connectivity index (χ1n) is 5.52. The number of halogens is 2. The van der Waals surface area contributed by atoms with E-state index in [1.807, 2.05) is 0 Å². The molecule has 0 spiro atoms. The quantitative estimate of drug-likeness (QED) is 0.627. The van der Waals surface area contributed by atoms with Crippen LogP contribution in [0.3, 0.4) is 0 Å².